The SMILES string of the molecule is C=CC(=O)OC(COCC(CC)CCCC)COc1ccc2cc(OCC(COCC(CC)CCCC)OC(=O)C=C)ccc2c1. The van der Waals surface area contributed by atoms with Crippen LogP contribution in [0.25, 0.3) is 10.8 Å². The first-order valence-electron chi connectivity index (χ1n) is 17.0. The Morgan fingerprint density at radius 3 is 1.39 bits per heavy atom. The van der Waals surface area contributed by atoms with Crippen LogP contribution in [0.3, 0.4) is 0 Å². The van der Waals surface area contributed by atoms with E-state index in [1.165, 1.54) is 12.8 Å². The predicted molar refractivity (Wildman–Crippen MR) is 183 cm³/mol. The van der Waals surface area contributed by atoms with Gasteiger partial charge in [0.15, 0.2) is 12.2 Å². The lowest BCUT2D eigenvalue weighted by atomic mass is 10.0. The van der Waals surface area contributed by atoms with E-state index in [1.807, 2.05) is 36.4 Å². The Hall–Kier alpha value is -3.36. The standard InChI is InChI=1S/C38H56O8/c1-7-13-15-29(9-3)23-41-25-35(45-37(39)11-5)27-43-33-19-17-32-22-34(20-18-31(32)21-33)44-28-36(46-38(40)12-6)26-42-24-30(10-4)16-14-8-2/h11-12,17-22,29-30,35-36H,5-10,13-16,23-28H2,1-4H3. The fraction of sp³-hybridized carbons (Fsp3) is 0.579. The molecule has 2 aromatic carbocycles. The minimum atomic E-state index is -0.558. The van der Waals surface area contributed by atoms with Gasteiger partial charge in [-0.1, -0.05) is 91.5 Å². The smallest absolute Gasteiger partial charge is 0.330 e. The first-order chi connectivity index (χ1) is 22.3. The first-order valence-corrected chi connectivity index (χ1v) is 17.0. The number of benzene rings is 2. The highest BCUT2D eigenvalue weighted by molar-refractivity contribution is 5.85. The largest absolute Gasteiger partial charge is 0.490 e. The van der Waals surface area contributed by atoms with Crippen LogP contribution in [0.5, 0.6) is 11.5 Å². The molecule has 0 spiro atoms. The summed E-state index contributed by atoms with van der Waals surface area (Å²) in [4.78, 5) is 23.8. The van der Waals surface area contributed by atoms with Crippen LogP contribution in [-0.4, -0.2) is 63.8 Å². The Morgan fingerprint density at radius 2 is 1.04 bits per heavy atom. The van der Waals surface area contributed by atoms with E-state index in [-0.39, 0.29) is 26.4 Å². The molecule has 0 aromatic heterocycles. The van der Waals surface area contributed by atoms with Gasteiger partial charge in [-0.3, -0.25) is 0 Å². The molecule has 46 heavy (non-hydrogen) atoms. The van der Waals surface area contributed by atoms with Gasteiger partial charge in [-0.25, -0.2) is 9.59 Å². The van der Waals surface area contributed by atoms with E-state index in [4.69, 9.17) is 28.4 Å². The summed E-state index contributed by atoms with van der Waals surface area (Å²) < 4.78 is 34.9. The Balaban J connectivity index is 1.97. The molecule has 0 aliphatic carbocycles. The molecule has 4 unspecified atom stereocenters. The van der Waals surface area contributed by atoms with Crippen molar-refractivity contribution in [3.05, 3.63) is 61.7 Å². The minimum Gasteiger partial charge on any atom is -0.490 e. The molecule has 0 aliphatic heterocycles. The van der Waals surface area contributed by atoms with Crippen molar-refractivity contribution in [2.24, 2.45) is 11.8 Å². The summed E-state index contributed by atoms with van der Waals surface area (Å²) in [5.74, 6) is 1.25. The normalized spacial score (nSPS) is 13.7. The van der Waals surface area contributed by atoms with Crippen LogP contribution in [0.15, 0.2) is 61.7 Å². The minimum absolute atomic E-state index is 0.155. The molecule has 0 saturated heterocycles. The second-order valence-electron chi connectivity index (χ2n) is 11.7. The molecular formula is C38H56O8. The van der Waals surface area contributed by atoms with Gasteiger partial charge in [0.2, 0.25) is 0 Å². The highest BCUT2D eigenvalue weighted by Crippen LogP contribution is 2.26. The molecule has 0 amide bonds. The van der Waals surface area contributed by atoms with Crippen molar-refractivity contribution < 1.29 is 38.0 Å². The van der Waals surface area contributed by atoms with E-state index >= 15 is 0 Å². The van der Waals surface area contributed by atoms with Crippen molar-refractivity contribution in [3.8, 4) is 11.5 Å². The molecule has 256 valence electrons. The van der Waals surface area contributed by atoms with Gasteiger partial charge in [0, 0.05) is 25.4 Å². The highest BCUT2D eigenvalue weighted by atomic mass is 16.6. The summed E-state index contributed by atoms with van der Waals surface area (Å²) in [6.45, 7) is 17.8. The zero-order valence-corrected chi connectivity index (χ0v) is 28.5. The van der Waals surface area contributed by atoms with Gasteiger partial charge in [-0.15, -0.1) is 0 Å². The lowest BCUT2D eigenvalue weighted by molar-refractivity contribution is -0.149. The highest BCUT2D eigenvalue weighted by Gasteiger charge is 2.18. The summed E-state index contributed by atoms with van der Waals surface area (Å²) in [6.07, 6.45) is 10.2. The number of rotatable bonds is 26. The van der Waals surface area contributed by atoms with Gasteiger partial charge in [0.05, 0.1) is 13.2 Å². The van der Waals surface area contributed by atoms with E-state index in [1.54, 1.807) is 0 Å². The average molecular weight is 641 g/mol. The Bertz CT molecular complexity index is 1090. The Kier molecular flexibility index (Phi) is 19.4. The second kappa shape index (κ2) is 23.0. The molecule has 2 rings (SSSR count). The molecule has 0 fully saturated rings. The van der Waals surface area contributed by atoms with Crippen LogP contribution in [0.2, 0.25) is 0 Å². The quantitative estimate of drug-likeness (QED) is 0.0750. The third kappa shape index (κ3) is 15.3. The molecule has 0 radical (unpaired) electrons. The van der Waals surface area contributed by atoms with E-state index < -0.39 is 24.1 Å². The van der Waals surface area contributed by atoms with Crippen LogP contribution in [0.4, 0.5) is 0 Å². The van der Waals surface area contributed by atoms with Crippen LogP contribution in [-0.2, 0) is 28.5 Å². The van der Waals surface area contributed by atoms with Crippen molar-refractivity contribution in [2.75, 3.05) is 39.6 Å². The van der Waals surface area contributed by atoms with Crippen LogP contribution >= 0.6 is 0 Å². The fourth-order valence-electron chi connectivity index (χ4n) is 4.95. The maximum atomic E-state index is 11.9. The molecular weight excluding hydrogens is 584 g/mol. The zero-order valence-electron chi connectivity index (χ0n) is 28.5. The lowest BCUT2D eigenvalue weighted by Crippen LogP contribution is -2.30. The molecule has 0 saturated carbocycles. The van der Waals surface area contributed by atoms with Crippen molar-refractivity contribution in [2.45, 2.75) is 91.3 Å². The van der Waals surface area contributed by atoms with E-state index in [0.717, 1.165) is 61.4 Å². The lowest BCUT2D eigenvalue weighted by Gasteiger charge is -2.21. The van der Waals surface area contributed by atoms with Gasteiger partial charge in [-0.2, -0.15) is 0 Å². The van der Waals surface area contributed by atoms with Gasteiger partial charge in [0.25, 0.3) is 0 Å². The van der Waals surface area contributed by atoms with Crippen molar-refractivity contribution in [1.82, 2.24) is 0 Å². The number of hydrogen-bond donors (Lipinski definition) is 0. The maximum absolute atomic E-state index is 11.9. The third-order valence-electron chi connectivity index (χ3n) is 7.96. The van der Waals surface area contributed by atoms with Crippen molar-refractivity contribution in [3.63, 3.8) is 0 Å². The zero-order chi connectivity index (χ0) is 33.6. The summed E-state index contributed by atoms with van der Waals surface area (Å²) in [6, 6.07) is 11.5. The van der Waals surface area contributed by atoms with Crippen molar-refractivity contribution >= 4 is 22.7 Å². The number of unbranched alkanes of at least 4 members (excludes halogenated alkanes) is 2. The van der Waals surface area contributed by atoms with Gasteiger partial charge in [0.1, 0.15) is 24.7 Å². The van der Waals surface area contributed by atoms with E-state index in [2.05, 4.69) is 40.9 Å². The molecule has 0 bridgehead atoms. The third-order valence-corrected chi connectivity index (χ3v) is 7.96. The van der Waals surface area contributed by atoms with Crippen LogP contribution in [0.1, 0.15) is 79.1 Å². The molecule has 0 N–H and O–H groups in total. The number of hydrogen-bond acceptors (Lipinski definition) is 8. The summed E-state index contributed by atoms with van der Waals surface area (Å²) in [5.41, 5.74) is 0. The summed E-state index contributed by atoms with van der Waals surface area (Å²) in [7, 11) is 0. The summed E-state index contributed by atoms with van der Waals surface area (Å²) in [5, 5.41) is 1.91. The topological polar surface area (TPSA) is 89.5 Å². The maximum Gasteiger partial charge on any atom is 0.330 e. The number of carbonyl (C=O) groups excluding carboxylic acids is 2. The van der Waals surface area contributed by atoms with Crippen LogP contribution in [0, 0.1) is 11.8 Å². The monoisotopic (exact) mass is 640 g/mol. The van der Waals surface area contributed by atoms with Gasteiger partial charge >= 0.3 is 11.9 Å². The molecule has 4 atom stereocenters. The Labute approximate surface area is 276 Å². The number of ether oxygens (including phenoxy) is 6. The van der Waals surface area contributed by atoms with Crippen LogP contribution < -0.4 is 9.47 Å². The average Bonchev–Trinajstić information content (AvgIpc) is 3.08. The molecule has 8 heteroatoms. The second-order valence-corrected chi connectivity index (χ2v) is 11.7. The van der Waals surface area contributed by atoms with E-state index in [9.17, 15) is 9.59 Å². The molecule has 0 aliphatic rings. The molecule has 2 aromatic rings. The molecule has 8 nitrogen and oxygen atoms in total. The predicted octanol–water partition coefficient (Wildman–Crippen LogP) is 8.26. The van der Waals surface area contributed by atoms with Gasteiger partial charge < -0.3 is 28.4 Å². The first kappa shape index (κ1) is 38.8. The molecule has 0 heterocycles. The fourth-order valence-corrected chi connectivity index (χ4v) is 4.95. The number of carbonyl (C=O) groups is 2. The summed E-state index contributed by atoms with van der Waals surface area (Å²) >= 11 is 0. The van der Waals surface area contributed by atoms with E-state index in [0.29, 0.717) is 36.5 Å². The van der Waals surface area contributed by atoms with Crippen molar-refractivity contribution in [1.29, 1.82) is 0 Å². The number of fused-ring (bicyclic) bond motifs is 1. The number of esters is 2. The van der Waals surface area contributed by atoms with Gasteiger partial charge in [-0.05, 0) is 59.7 Å². The Morgan fingerprint density at radius 1 is 0.630 bits per heavy atom.